The molecule has 24 heavy (non-hydrogen) atoms. The van der Waals surface area contributed by atoms with Crippen LogP contribution in [0.15, 0.2) is 24.3 Å². The lowest BCUT2D eigenvalue weighted by Crippen LogP contribution is -2.55. The second-order valence-corrected chi connectivity index (χ2v) is 6.23. The Labute approximate surface area is 139 Å². The zero-order valence-corrected chi connectivity index (χ0v) is 13.7. The monoisotopic (exact) mass is 334 g/mol. The average molecular weight is 334 g/mol. The van der Waals surface area contributed by atoms with E-state index < -0.39 is 41.1 Å². The number of nitrogens with zero attached hydrogens (tertiary/aromatic N) is 1. The van der Waals surface area contributed by atoms with Gasteiger partial charge in [0.1, 0.15) is 11.4 Å². The molecule has 2 aliphatic heterocycles. The lowest BCUT2D eigenvalue weighted by molar-refractivity contribution is -0.154. The minimum Gasteiger partial charge on any atom is -0.468 e. The van der Waals surface area contributed by atoms with Crippen LogP contribution in [-0.2, 0) is 19.1 Å². The molecule has 2 fully saturated rings. The molecular weight excluding hydrogens is 315 g/mol. The molecule has 2 amide bonds. The summed E-state index contributed by atoms with van der Waals surface area (Å²) >= 11 is 0. The summed E-state index contributed by atoms with van der Waals surface area (Å²) in [7, 11) is 2.68. The summed E-state index contributed by atoms with van der Waals surface area (Å²) in [5, 5.41) is 3.16. The topological polar surface area (TPSA) is 75.7 Å². The van der Waals surface area contributed by atoms with Gasteiger partial charge in [-0.05, 0) is 24.1 Å². The largest absolute Gasteiger partial charge is 0.468 e. The number of imide groups is 1. The molecule has 4 atom stereocenters. The Hall–Kier alpha value is -2.28. The van der Waals surface area contributed by atoms with E-state index in [4.69, 9.17) is 4.74 Å². The van der Waals surface area contributed by atoms with E-state index in [0.29, 0.717) is 12.0 Å². The Bertz CT molecular complexity index is 705. The summed E-state index contributed by atoms with van der Waals surface area (Å²) in [6.45, 7) is 1.77. The number of rotatable bonds is 3. The van der Waals surface area contributed by atoms with Gasteiger partial charge in [0.05, 0.1) is 18.9 Å². The number of amides is 2. The standard InChI is InChI=1S/C17H19FN2O4/c1-4-17(16(23)24-3)12-11(14(21)20(2)15(12)22)13(19-17)9-5-7-10(18)8-6-9/h5-8,11-13,19H,4H2,1-3H3/t11-,12-,13-,17+/m0/s1. The van der Waals surface area contributed by atoms with Crippen molar-refractivity contribution in [3.8, 4) is 0 Å². The van der Waals surface area contributed by atoms with E-state index in [1.54, 1.807) is 19.1 Å². The molecule has 6 nitrogen and oxygen atoms in total. The van der Waals surface area contributed by atoms with E-state index in [0.717, 1.165) is 4.90 Å². The van der Waals surface area contributed by atoms with E-state index in [2.05, 4.69) is 5.32 Å². The maximum atomic E-state index is 13.2. The van der Waals surface area contributed by atoms with Crippen LogP contribution in [0.25, 0.3) is 0 Å². The van der Waals surface area contributed by atoms with Crippen molar-refractivity contribution in [2.24, 2.45) is 11.8 Å². The first-order valence-corrected chi connectivity index (χ1v) is 7.80. The molecule has 3 rings (SSSR count). The van der Waals surface area contributed by atoms with E-state index in [-0.39, 0.29) is 5.91 Å². The molecule has 0 radical (unpaired) electrons. The van der Waals surface area contributed by atoms with Gasteiger partial charge in [0.15, 0.2) is 0 Å². The van der Waals surface area contributed by atoms with E-state index in [9.17, 15) is 18.8 Å². The number of carbonyl (C=O) groups is 3. The van der Waals surface area contributed by atoms with Crippen molar-refractivity contribution < 1.29 is 23.5 Å². The molecule has 2 heterocycles. The molecule has 128 valence electrons. The minimum absolute atomic E-state index is 0.297. The Kier molecular flexibility index (Phi) is 3.91. The summed E-state index contributed by atoms with van der Waals surface area (Å²) in [5.41, 5.74) is -0.613. The van der Waals surface area contributed by atoms with Crippen LogP contribution in [0.1, 0.15) is 24.9 Å². The summed E-state index contributed by atoms with van der Waals surface area (Å²) < 4.78 is 18.1. The first-order valence-electron chi connectivity index (χ1n) is 7.80. The van der Waals surface area contributed by atoms with Crippen LogP contribution in [0.5, 0.6) is 0 Å². The fourth-order valence-corrected chi connectivity index (χ4v) is 3.94. The zero-order valence-electron chi connectivity index (χ0n) is 13.7. The van der Waals surface area contributed by atoms with Crippen molar-refractivity contribution in [1.82, 2.24) is 10.2 Å². The van der Waals surface area contributed by atoms with Crippen molar-refractivity contribution >= 4 is 17.8 Å². The summed E-state index contributed by atoms with van der Waals surface area (Å²) in [5.74, 6) is -3.25. The van der Waals surface area contributed by atoms with Crippen molar-refractivity contribution in [2.45, 2.75) is 24.9 Å². The minimum atomic E-state index is -1.27. The second-order valence-electron chi connectivity index (χ2n) is 6.23. The quantitative estimate of drug-likeness (QED) is 0.660. The van der Waals surface area contributed by atoms with Crippen LogP contribution in [0.2, 0.25) is 0 Å². The maximum Gasteiger partial charge on any atom is 0.326 e. The number of methoxy groups -OCH3 is 1. The Morgan fingerprint density at radius 3 is 2.46 bits per heavy atom. The van der Waals surface area contributed by atoms with Crippen molar-refractivity contribution in [1.29, 1.82) is 0 Å². The van der Waals surface area contributed by atoms with Crippen LogP contribution < -0.4 is 5.32 Å². The molecule has 1 N–H and O–H groups in total. The number of hydrogen-bond acceptors (Lipinski definition) is 5. The number of esters is 1. The van der Waals surface area contributed by atoms with E-state index in [1.807, 2.05) is 0 Å². The third-order valence-corrected chi connectivity index (χ3v) is 5.21. The van der Waals surface area contributed by atoms with Crippen LogP contribution in [0.3, 0.4) is 0 Å². The molecule has 2 saturated heterocycles. The van der Waals surface area contributed by atoms with Crippen LogP contribution in [0.4, 0.5) is 4.39 Å². The highest BCUT2D eigenvalue weighted by molar-refractivity contribution is 6.09. The van der Waals surface area contributed by atoms with Gasteiger partial charge >= 0.3 is 5.97 Å². The Balaban J connectivity index is 2.12. The Morgan fingerprint density at radius 2 is 1.92 bits per heavy atom. The molecule has 2 aliphatic rings. The van der Waals surface area contributed by atoms with Gasteiger partial charge in [-0.1, -0.05) is 19.1 Å². The normalized spacial score (nSPS) is 32.2. The molecule has 0 saturated carbocycles. The SMILES string of the molecule is CC[C@@]1(C(=O)OC)N[C@@H](c2ccc(F)cc2)[C@H]2C(=O)N(C)C(=O)[C@H]21. The predicted octanol–water partition coefficient (Wildman–Crippen LogP) is 1.02. The van der Waals surface area contributed by atoms with Gasteiger partial charge in [0.25, 0.3) is 0 Å². The van der Waals surface area contributed by atoms with Crippen molar-refractivity contribution in [3.63, 3.8) is 0 Å². The first kappa shape index (κ1) is 16.6. The average Bonchev–Trinajstić information content (AvgIpc) is 3.05. The smallest absolute Gasteiger partial charge is 0.326 e. The lowest BCUT2D eigenvalue weighted by atomic mass is 9.78. The summed E-state index contributed by atoms with van der Waals surface area (Å²) in [4.78, 5) is 38.8. The molecule has 7 heteroatoms. The number of fused-ring (bicyclic) bond motifs is 1. The molecule has 1 aromatic rings. The number of halogens is 1. The van der Waals surface area contributed by atoms with Crippen LogP contribution >= 0.6 is 0 Å². The lowest BCUT2D eigenvalue weighted by Gasteiger charge is -2.30. The fourth-order valence-electron chi connectivity index (χ4n) is 3.94. The van der Waals surface area contributed by atoms with Gasteiger partial charge in [-0.15, -0.1) is 0 Å². The van der Waals surface area contributed by atoms with Crippen LogP contribution in [-0.4, -0.2) is 42.4 Å². The third-order valence-electron chi connectivity index (χ3n) is 5.21. The number of hydrogen-bond donors (Lipinski definition) is 1. The van der Waals surface area contributed by atoms with Gasteiger partial charge in [-0.3, -0.25) is 24.6 Å². The van der Waals surface area contributed by atoms with Crippen molar-refractivity contribution in [2.75, 3.05) is 14.2 Å². The molecule has 0 bridgehead atoms. The zero-order chi connectivity index (χ0) is 17.6. The molecule has 0 aromatic heterocycles. The highest BCUT2D eigenvalue weighted by Gasteiger charge is 2.67. The summed E-state index contributed by atoms with van der Waals surface area (Å²) in [6.07, 6.45) is 0.297. The summed E-state index contributed by atoms with van der Waals surface area (Å²) in [6, 6.07) is 5.14. The second kappa shape index (κ2) is 5.66. The van der Waals surface area contributed by atoms with Gasteiger partial charge in [0.2, 0.25) is 11.8 Å². The van der Waals surface area contributed by atoms with Gasteiger partial charge in [-0.2, -0.15) is 0 Å². The molecule has 0 unspecified atom stereocenters. The van der Waals surface area contributed by atoms with Gasteiger partial charge in [0, 0.05) is 13.1 Å². The van der Waals surface area contributed by atoms with Gasteiger partial charge in [-0.25, -0.2) is 4.39 Å². The highest BCUT2D eigenvalue weighted by atomic mass is 19.1. The maximum absolute atomic E-state index is 13.2. The number of nitrogens with one attached hydrogen (secondary N) is 1. The Morgan fingerprint density at radius 1 is 1.29 bits per heavy atom. The number of benzene rings is 1. The number of carbonyl (C=O) groups excluding carboxylic acids is 3. The van der Waals surface area contributed by atoms with E-state index >= 15 is 0 Å². The van der Waals surface area contributed by atoms with Crippen molar-refractivity contribution in [3.05, 3.63) is 35.6 Å². The molecule has 0 spiro atoms. The van der Waals surface area contributed by atoms with E-state index in [1.165, 1.54) is 26.3 Å². The first-order chi connectivity index (χ1) is 11.4. The van der Waals surface area contributed by atoms with Crippen LogP contribution in [0, 0.1) is 17.7 Å². The van der Waals surface area contributed by atoms with Gasteiger partial charge < -0.3 is 4.74 Å². The number of likely N-dealkylation sites (tertiary alicyclic amines) is 1. The fraction of sp³-hybridized carbons (Fsp3) is 0.471. The third kappa shape index (κ3) is 2.07. The molecular formula is C17H19FN2O4. The molecule has 0 aliphatic carbocycles. The number of ether oxygens (including phenoxy) is 1. The molecule has 1 aromatic carbocycles. The highest BCUT2D eigenvalue weighted by Crippen LogP contribution is 2.49. The predicted molar refractivity (Wildman–Crippen MR) is 82.1 cm³/mol.